The maximum Gasteiger partial charge on any atom is 0.138 e. The molecule has 0 aliphatic heterocycles. The summed E-state index contributed by atoms with van der Waals surface area (Å²) in [6.07, 6.45) is 1.79. The maximum absolute atomic E-state index is 5.75. The average molecular weight is 190 g/mol. The first-order valence-electron chi connectivity index (χ1n) is 3.13. The molecule has 3 nitrogen and oxygen atoms in total. The van der Waals surface area contributed by atoms with Crippen LogP contribution in [-0.4, -0.2) is 16.1 Å². The molecule has 1 rings (SSSR count). The number of nitrogens with one attached hydrogen (secondary N) is 1. The molecule has 0 unspecified atom stereocenters. The van der Waals surface area contributed by atoms with Gasteiger partial charge >= 0.3 is 0 Å². The highest BCUT2D eigenvalue weighted by Crippen LogP contribution is 2.16. The van der Waals surface area contributed by atoms with Gasteiger partial charge in [0.2, 0.25) is 0 Å². The Bertz CT molecular complexity index is 235. The summed E-state index contributed by atoms with van der Waals surface area (Å²) in [5, 5.41) is 6.91. The van der Waals surface area contributed by atoms with Crippen LogP contribution in [0.4, 0.5) is 0 Å². The summed E-state index contributed by atoms with van der Waals surface area (Å²) in [5.41, 5.74) is 0.804. The van der Waals surface area contributed by atoms with Gasteiger partial charge in [-0.1, -0.05) is 22.2 Å². The fourth-order valence-corrected chi connectivity index (χ4v) is 1.22. The van der Waals surface area contributed by atoms with Crippen LogP contribution in [0.2, 0.25) is 4.34 Å². The molecule has 0 aromatic carbocycles. The van der Waals surface area contributed by atoms with Gasteiger partial charge in [0.1, 0.15) is 10.0 Å². The van der Waals surface area contributed by atoms with Crippen molar-refractivity contribution in [1.82, 2.24) is 14.9 Å². The third kappa shape index (κ3) is 2.57. The number of rotatable bonds is 4. The number of nitrogens with zero attached hydrogens (tertiary/aromatic N) is 2. The Morgan fingerprint density at radius 1 is 1.73 bits per heavy atom. The Labute approximate surface area is 74.2 Å². The fourth-order valence-electron chi connectivity index (χ4n) is 0.595. The number of halogens is 1. The monoisotopic (exact) mass is 189 g/mol. The zero-order chi connectivity index (χ0) is 8.10. The minimum Gasteiger partial charge on any atom is -0.308 e. The molecular weight excluding hydrogens is 182 g/mol. The lowest BCUT2D eigenvalue weighted by atomic mass is 10.5. The van der Waals surface area contributed by atoms with E-state index >= 15 is 0 Å². The van der Waals surface area contributed by atoms with E-state index in [0.717, 1.165) is 12.2 Å². The molecule has 0 aliphatic rings. The van der Waals surface area contributed by atoms with Gasteiger partial charge in [0.25, 0.3) is 0 Å². The quantitative estimate of drug-likeness (QED) is 0.576. The Kier molecular flexibility index (Phi) is 3.48. The second kappa shape index (κ2) is 4.43. The minimum absolute atomic E-state index is 0.654. The van der Waals surface area contributed by atoms with Crippen LogP contribution in [0.5, 0.6) is 0 Å². The van der Waals surface area contributed by atoms with Gasteiger partial charge in [-0.15, -0.1) is 11.7 Å². The Hall–Kier alpha value is -0.450. The van der Waals surface area contributed by atoms with E-state index < -0.39 is 0 Å². The molecule has 1 N–H and O–H groups in total. The average Bonchev–Trinajstić information content (AvgIpc) is 2.37. The zero-order valence-electron chi connectivity index (χ0n) is 5.88. The van der Waals surface area contributed by atoms with Crippen LogP contribution in [-0.2, 0) is 6.54 Å². The summed E-state index contributed by atoms with van der Waals surface area (Å²) >= 11 is 6.95. The van der Waals surface area contributed by atoms with E-state index in [-0.39, 0.29) is 0 Å². The zero-order valence-corrected chi connectivity index (χ0v) is 7.45. The Morgan fingerprint density at radius 2 is 2.55 bits per heavy atom. The summed E-state index contributed by atoms with van der Waals surface area (Å²) in [6, 6.07) is 0. The lowest BCUT2D eigenvalue weighted by molar-refractivity contribution is 0.737. The molecule has 5 heteroatoms. The lowest BCUT2D eigenvalue weighted by Gasteiger charge is -1.95. The van der Waals surface area contributed by atoms with E-state index in [0.29, 0.717) is 10.9 Å². The minimum atomic E-state index is 0.654. The smallest absolute Gasteiger partial charge is 0.138 e. The molecule has 1 aromatic heterocycles. The second-order valence-electron chi connectivity index (χ2n) is 1.91. The molecule has 1 heterocycles. The van der Waals surface area contributed by atoms with Gasteiger partial charge in [0.05, 0.1) is 0 Å². The number of aromatic nitrogens is 2. The van der Waals surface area contributed by atoms with Crippen molar-refractivity contribution in [2.45, 2.75) is 6.54 Å². The Morgan fingerprint density at radius 3 is 3.09 bits per heavy atom. The normalized spacial score (nSPS) is 9.91. The summed E-state index contributed by atoms with van der Waals surface area (Å²) in [5.74, 6) is 0. The van der Waals surface area contributed by atoms with Crippen LogP contribution in [0.1, 0.15) is 5.69 Å². The molecular formula is C6H8ClN3S. The second-order valence-corrected chi connectivity index (χ2v) is 3.27. The van der Waals surface area contributed by atoms with Crippen molar-refractivity contribution in [2.75, 3.05) is 6.54 Å². The van der Waals surface area contributed by atoms with E-state index in [1.54, 1.807) is 6.08 Å². The largest absolute Gasteiger partial charge is 0.308 e. The van der Waals surface area contributed by atoms with Crippen LogP contribution in [0.3, 0.4) is 0 Å². The molecule has 11 heavy (non-hydrogen) atoms. The van der Waals surface area contributed by atoms with Crippen LogP contribution in [0, 0.1) is 0 Å². The summed E-state index contributed by atoms with van der Waals surface area (Å²) < 4.78 is 4.35. The predicted molar refractivity (Wildman–Crippen MR) is 46.8 cm³/mol. The molecule has 0 atom stereocenters. The van der Waals surface area contributed by atoms with Crippen molar-refractivity contribution in [3.05, 3.63) is 22.7 Å². The standard InChI is InChI=1S/C6H8ClN3S/c1-2-3-8-4-5-6(7)11-10-9-5/h2,8H,1,3-4H2. The summed E-state index contributed by atoms with van der Waals surface area (Å²) in [4.78, 5) is 0. The van der Waals surface area contributed by atoms with Crippen LogP contribution in [0.15, 0.2) is 12.7 Å². The first-order valence-corrected chi connectivity index (χ1v) is 4.28. The number of hydrogen-bond donors (Lipinski definition) is 1. The summed E-state index contributed by atoms with van der Waals surface area (Å²) in [6.45, 7) is 4.98. The van der Waals surface area contributed by atoms with Gasteiger partial charge < -0.3 is 5.32 Å². The molecule has 0 saturated heterocycles. The van der Waals surface area contributed by atoms with Crippen LogP contribution < -0.4 is 5.32 Å². The van der Waals surface area contributed by atoms with Crippen molar-refractivity contribution < 1.29 is 0 Å². The van der Waals surface area contributed by atoms with E-state index in [2.05, 4.69) is 21.5 Å². The van der Waals surface area contributed by atoms with Gasteiger partial charge in [-0.2, -0.15) is 0 Å². The van der Waals surface area contributed by atoms with Crippen molar-refractivity contribution in [1.29, 1.82) is 0 Å². The van der Waals surface area contributed by atoms with Crippen molar-refractivity contribution >= 4 is 23.1 Å². The third-order valence-electron chi connectivity index (χ3n) is 1.09. The van der Waals surface area contributed by atoms with E-state index in [1.807, 2.05) is 0 Å². The lowest BCUT2D eigenvalue weighted by Crippen LogP contribution is -2.12. The molecule has 0 saturated carbocycles. The molecule has 0 fully saturated rings. The molecule has 60 valence electrons. The van der Waals surface area contributed by atoms with Gasteiger partial charge in [0, 0.05) is 24.6 Å². The van der Waals surface area contributed by atoms with Gasteiger partial charge in [-0.3, -0.25) is 0 Å². The summed E-state index contributed by atoms with van der Waals surface area (Å²) in [7, 11) is 0. The molecule has 1 aromatic rings. The van der Waals surface area contributed by atoms with Crippen molar-refractivity contribution in [3.8, 4) is 0 Å². The van der Waals surface area contributed by atoms with Crippen molar-refractivity contribution in [3.63, 3.8) is 0 Å². The molecule has 0 spiro atoms. The predicted octanol–water partition coefficient (Wildman–Crippen LogP) is 1.47. The highest BCUT2D eigenvalue weighted by molar-refractivity contribution is 7.10. The Balaban J connectivity index is 2.38. The molecule has 0 amide bonds. The van der Waals surface area contributed by atoms with Crippen molar-refractivity contribution in [2.24, 2.45) is 0 Å². The highest BCUT2D eigenvalue weighted by Gasteiger charge is 2.02. The highest BCUT2D eigenvalue weighted by atomic mass is 35.5. The van der Waals surface area contributed by atoms with Gasteiger partial charge in [-0.25, -0.2) is 0 Å². The van der Waals surface area contributed by atoms with E-state index in [1.165, 1.54) is 11.5 Å². The first-order chi connectivity index (χ1) is 5.34. The van der Waals surface area contributed by atoms with Gasteiger partial charge in [-0.05, 0) is 0 Å². The molecule has 0 bridgehead atoms. The number of hydrogen-bond acceptors (Lipinski definition) is 4. The first kappa shape index (κ1) is 8.64. The topological polar surface area (TPSA) is 37.8 Å². The van der Waals surface area contributed by atoms with Gasteiger partial charge in [0.15, 0.2) is 0 Å². The fraction of sp³-hybridized carbons (Fsp3) is 0.333. The SMILES string of the molecule is C=CCNCc1nnsc1Cl. The molecule has 0 aliphatic carbocycles. The van der Waals surface area contributed by atoms with E-state index in [9.17, 15) is 0 Å². The van der Waals surface area contributed by atoms with Crippen LogP contribution in [0.25, 0.3) is 0 Å². The van der Waals surface area contributed by atoms with E-state index in [4.69, 9.17) is 11.6 Å². The van der Waals surface area contributed by atoms with Crippen LogP contribution >= 0.6 is 23.1 Å². The third-order valence-corrected chi connectivity index (χ3v) is 2.07. The molecule has 0 radical (unpaired) electrons. The maximum atomic E-state index is 5.75.